The van der Waals surface area contributed by atoms with Crippen molar-refractivity contribution in [1.29, 1.82) is 0 Å². The number of piperidine rings is 1. The first-order chi connectivity index (χ1) is 4.77. The first kappa shape index (κ1) is 8.04. The zero-order valence-electron chi connectivity index (χ0n) is 5.76. The highest BCUT2D eigenvalue weighted by molar-refractivity contribution is 14.1. The van der Waals surface area contributed by atoms with E-state index in [9.17, 15) is 0 Å². The summed E-state index contributed by atoms with van der Waals surface area (Å²) < 4.78 is 3.52. The second-order valence-corrected chi connectivity index (χ2v) is 6.17. The van der Waals surface area contributed by atoms with Gasteiger partial charge in [-0.3, -0.25) is 0 Å². The largest absolute Gasteiger partial charge is 0.241 e. The van der Waals surface area contributed by atoms with E-state index in [2.05, 4.69) is 48.6 Å². The molecule has 0 saturated carbocycles. The fraction of sp³-hybridized carbons (Fsp3) is 1.00. The monoisotopic (exact) mass is 363 g/mol. The van der Waals surface area contributed by atoms with Gasteiger partial charge < -0.3 is 0 Å². The maximum atomic E-state index is 2.61. The molecule has 0 aromatic rings. The van der Waals surface area contributed by atoms with Gasteiger partial charge in [-0.25, -0.2) is 3.11 Å². The van der Waals surface area contributed by atoms with Crippen LogP contribution in [0.4, 0.5) is 0 Å². The molecule has 0 aromatic heterocycles. The van der Waals surface area contributed by atoms with Crippen molar-refractivity contribution in [3.63, 3.8) is 0 Å². The molecule has 2 atom stereocenters. The summed E-state index contributed by atoms with van der Waals surface area (Å²) in [5.41, 5.74) is 0. The Hall–Kier alpha value is 1.42. The van der Waals surface area contributed by atoms with E-state index in [-0.39, 0.29) is 0 Å². The second kappa shape index (κ2) is 3.05. The fourth-order valence-corrected chi connectivity index (χ4v) is 4.24. The average molecular weight is 363 g/mol. The van der Waals surface area contributed by atoms with Crippen molar-refractivity contribution in [3.8, 4) is 0 Å². The van der Waals surface area contributed by atoms with Crippen LogP contribution < -0.4 is 0 Å². The van der Waals surface area contributed by atoms with E-state index in [1.54, 1.807) is 0 Å². The van der Waals surface area contributed by atoms with Crippen LogP contribution in [0.25, 0.3) is 0 Å². The lowest BCUT2D eigenvalue weighted by molar-refractivity contribution is 0.307. The Kier molecular flexibility index (Phi) is 2.45. The average Bonchev–Trinajstić information content (AvgIpc) is 2.20. The summed E-state index contributed by atoms with van der Waals surface area (Å²) in [4.78, 5) is 0. The maximum absolute atomic E-state index is 2.61. The van der Waals surface area contributed by atoms with Gasteiger partial charge in [-0.05, 0) is 25.7 Å². The molecule has 2 aliphatic heterocycles. The Morgan fingerprint density at radius 1 is 1.10 bits per heavy atom. The minimum atomic E-state index is 0.918. The van der Waals surface area contributed by atoms with Crippen molar-refractivity contribution in [2.75, 3.05) is 0 Å². The number of alkyl halides is 1. The molecule has 0 spiro atoms. The van der Waals surface area contributed by atoms with Crippen LogP contribution in [0.1, 0.15) is 25.7 Å². The van der Waals surface area contributed by atoms with E-state index in [0.29, 0.717) is 0 Å². The third-order valence-electron chi connectivity index (χ3n) is 2.59. The molecular formula is C7H11I2N. The van der Waals surface area contributed by atoms with Crippen LogP contribution in [-0.4, -0.2) is 19.1 Å². The minimum absolute atomic E-state index is 0.918. The number of fused-ring (bicyclic) bond motifs is 2. The molecule has 0 aromatic carbocycles. The number of hydrogen-bond acceptors (Lipinski definition) is 1. The number of halogens is 2. The molecule has 0 amide bonds. The van der Waals surface area contributed by atoms with E-state index in [0.717, 1.165) is 16.0 Å². The molecule has 0 N–H and O–H groups in total. The maximum Gasteiger partial charge on any atom is 0.0207 e. The highest BCUT2D eigenvalue weighted by Crippen LogP contribution is 2.40. The summed E-state index contributed by atoms with van der Waals surface area (Å²) >= 11 is 5.12. The van der Waals surface area contributed by atoms with Crippen molar-refractivity contribution in [2.24, 2.45) is 0 Å². The molecule has 3 heteroatoms. The zero-order valence-corrected chi connectivity index (χ0v) is 10.1. The summed E-state index contributed by atoms with van der Waals surface area (Å²) in [6, 6.07) is 1.84. The Balaban J connectivity index is 2.09. The summed E-state index contributed by atoms with van der Waals surface area (Å²) in [5, 5.41) is 0. The lowest BCUT2D eigenvalue weighted by Gasteiger charge is -2.31. The van der Waals surface area contributed by atoms with Crippen molar-refractivity contribution in [3.05, 3.63) is 0 Å². The zero-order chi connectivity index (χ0) is 7.14. The molecule has 2 bridgehead atoms. The standard InChI is InChI=1S/C7H11I2N/c8-5-3-6-1-2-7(4-5)10(6)9/h5-7H,1-4H2. The molecule has 0 aliphatic carbocycles. The summed E-state index contributed by atoms with van der Waals surface area (Å²) in [5.74, 6) is 0. The molecule has 2 fully saturated rings. The van der Waals surface area contributed by atoms with E-state index >= 15 is 0 Å². The molecule has 0 radical (unpaired) electrons. The Bertz CT molecular complexity index is 126. The summed E-state index contributed by atoms with van der Waals surface area (Å²) in [7, 11) is 0. The van der Waals surface area contributed by atoms with Crippen LogP contribution in [0, 0.1) is 0 Å². The lowest BCUT2D eigenvalue weighted by Crippen LogP contribution is -2.35. The Morgan fingerprint density at radius 3 is 2.10 bits per heavy atom. The number of nitrogens with zero attached hydrogens (tertiary/aromatic N) is 1. The van der Waals surface area contributed by atoms with Crippen molar-refractivity contribution >= 4 is 45.5 Å². The highest BCUT2D eigenvalue weighted by Gasteiger charge is 2.38. The van der Waals surface area contributed by atoms with Crippen molar-refractivity contribution in [2.45, 2.75) is 41.7 Å². The first-order valence-electron chi connectivity index (χ1n) is 3.85. The normalized spacial score (nSPS) is 48.0. The Labute approximate surface area is 89.6 Å². The van der Waals surface area contributed by atoms with Crippen LogP contribution in [0.15, 0.2) is 0 Å². The SMILES string of the molecule is IC1CC2CCC(C1)N2I. The van der Waals surface area contributed by atoms with E-state index in [4.69, 9.17) is 0 Å². The first-order valence-corrected chi connectivity index (χ1v) is 6.06. The van der Waals surface area contributed by atoms with Crippen LogP contribution in [-0.2, 0) is 0 Å². The second-order valence-electron chi connectivity index (χ2n) is 3.30. The van der Waals surface area contributed by atoms with Crippen LogP contribution in [0.3, 0.4) is 0 Å². The molecule has 2 heterocycles. The van der Waals surface area contributed by atoms with Crippen molar-refractivity contribution in [1.82, 2.24) is 3.11 Å². The molecule has 58 valence electrons. The van der Waals surface area contributed by atoms with E-state index < -0.39 is 0 Å². The molecular weight excluding hydrogens is 352 g/mol. The van der Waals surface area contributed by atoms with Gasteiger partial charge in [-0.2, -0.15) is 0 Å². The number of hydrogen-bond donors (Lipinski definition) is 0. The van der Waals surface area contributed by atoms with Gasteiger partial charge in [0, 0.05) is 38.9 Å². The molecule has 10 heavy (non-hydrogen) atoms. The predicted octanol–water partition coefficient (Wildman–Crippen LogP) is 2.77. The third kappa shape index (κ3) is 1.33. The minimum Gasteiger partial charge on any atom is -0.241 e. The van der Waals surface area contributed by atoms with Gasteiger partial charge in [0.25, 0.3) is 0 Å². The fourth-order valence-electron chi connectivity index (χ4n) is 2.05. The molecule has 2 aliphatic rings. The van der Waals surface area contributed by atoms with Gasteiger partial charge >= 0.3 is 0 Å². The van der Waals surface area contributed by atoms with Crippen LogP contribution >= 0.6 is 45.5 Å². The van der Waals surface area contributed by atoms with Gasteiger partial charge in [0.2, 0.25) is 0 Å². The predicted molar refractivity (Wildman–Crippen MR) is 59.7 cm³/mol. The molecule has 2 unspecified atom stereocenters. The van der Waals surface area contributed by atoms with Gasteiger partial charge in [-0.15, -0.1) is 0 Å². The van der Waals surface area contributed by atoms with Crippen LogP contribution in [0.2, 0.25) is 0 Å². The van der Waals surface area contributed by atoms with Gasteiger partial charge in [-0.1, -0.05) is 22.6 Å². The van der Waals surface area contributed by atoms with E-state index in [1.807, 2.05) is 0 Å². The Morgan fingerprint density at radius 2 is 1.60 bits per heavy atom. The van der Waals surface area contributed by atoms with Gasteiger partial charge in [0.1, 0.15) is 0 Å². The van der Waals surface area contributed by atoms with Crippen LogP contribution in [0.5, 0.6) is 0 Å². The third-order valence-corrected chi connectivity index (χ3v) is 5.18. The summed E-state index contributed by atoms with van der Waals surface area (Å²) in [6.45, 7) is 0. The molecule has 1 nitrogen and oxygen atoms in total. The topological polar surface area (TPSA) is 3.24 Å². The molecule has 2 rings (SSSR count). The quantitative estimate of drug-likeness (QED) is 0.364. The van der Waals surface area contributed by atoms with E-state index in [1.165, 1.54) is 25.7 Å². The van der Waals surface area contributed by atoms with Gasteiger partial charge in [0.05, 0.1) is 0 Å². The lowest BCUT2D eigenvalue weighted by atomic mass is 10.1. The van der Waals surface area contributed by atoms with Crippen molar-refractivity contribution < 1.29 is 0 Å². The van der Waals surface area contributed by atoms with Gasteiger partial charge in [0.15, 0.2) is 0 Å². The summed E-state index contributed by atoms with van der Waals surface area (Å²) in [6.07, 6.45) is 5.76. The molecule has 2 saturated heterocycles. The highest BCUT2D eigenvalue weighted by atomic mass is 127. The smallest absolute Gasteiger partial charge is 0.0207 e. The number of rotatable bonds is 0.